The highest BCUT2D eigenvalue weighted by atomic mass is 19.4. The molecule has 17 heavy (non-hydrogen) atoms. The molecule has 1 heterocycles. The molecule has 0 fully saturated rings. The third-order valence-electron chi connectivity index (χ3n) is 2.49. The van der Waals surface area contributed by atoms with Crippen molar-refractivity contribution in [3.8, 4) is 0 Å². The molecule has 1 N–H and O–H groups in total. The molecule has 0 saturated carbocycles. The second kappa shape index (κ2) is 4.33. The molecule has 2 aromatic rings. The van der Waals surface area contributed by atoms with Crippen LogP contribution in [-0.4, -0.2) is 16.7 Å². The molecular weight excluding hydrogens is 231 g/mol. The summed E-state index contributed by atoms with van der Waals surface area (Å²) in [4.78, 5) is 4.04. The van der Waals surface area contributed by atoms with Gasteiger partial charge in [0.1, 0.15) is 0 Å². The first-order valence-electron chi connectivity index (χ1n) is 5.08. The molecule has 0 radical (unpaired) electrons. The standard InChI is InChI=1S/C12H10F3NO/c13-12(14,15)10-6-8-2-1-4-16-11(8)9(7-10)3-5-17/h1-2,4,6-7,17H,3,5H2. The predicted molar refractivity (Wildman–Crippen MR) is 57.5 cm³/mol. The van der Waals surface area contributed by atoms with Crippen LogP contribution in [0.25, 0.3) is 10.9 Å². The van der Waals surface area contributed by atoms with E-state index in [1.807, 2.05) is 0 Å². The summed E-state index contributed by atoms with van der Waals surface area (Å²) in [6, 6.07) is 5.29. The lowest BCUT2D eigenvalue weighted by molar-refractivity contribution is -0.137. The van der Waals surface area contributed by atoms with Crippen LogP contribution in [0.15, 0.2) is 30.5 Å². The van der Waals surface area contributed by atoms with Crippen LogP contribution in [0.2, 0.25) is 0 Å². The second-order valence-corrected chi connectivity index (χ2v) is 3.68. The quantitative estimate of drug-likeness (QED) is 0.877. The molecule has 2 rings (SSSR count). The Labute approximate surface area is 95.7 Å². The lowest BCUT2D eigenvalue weighted by atomic mass is 10.0. The fourth-order valence-electron chi connectivity index (χ4n) is 1.74. The molecule has 0 spiro atoms. The maximum absolute atomic E-state index is 12.7. The van der Waals surface area contributed by atoms with E-state index in [0.29, 0.717) is 16.5 Å². The Morgan fingerprint density at radius 2 is 2.00 bits per heavy atom. The maximum Gasteiger partial charge on any atom is 0.416 e. The van der Waals surface area contributed by atoms with E-state index in [1.165, 1.54) is 6.20 Å². The zero-order valence-electron chi connectivity index (χ0n) is 8.83. The fraction of sp³-hybridized carbons (Fsp3) is 0.250. The van der Waals surface area contributed by atoms with Crippen LogP contribution in [0.4, 0.5) is 13.2 Å². The average Bonchev–Trinajstić information content (AvgIpc) is 2.28. The Kier molecular flexibility index (Phi) is 3.02. The van der Waals surface area contributed by atoms with E-state index >= 15 is 0 Å². The van der Waals surface area contributed by atoms with Gasteiger partial charge in [-0.2, -0.15) is 13.2 Å². The molecule has 0 saturated heterocycles. The Morgan fingerprint density at radius 1 is 1.24 bits per heavy atom. The molecule has 0 aliphatic rings. The Morgan fingerprint density at radius 3 is 2.65 bits per heavy atom. The number of aliphatic hydroxyl groups excluding tert-OH is 1. The Hall–Kier alpha value is -1.62. The second-order valence-electron chi connectivity index (χ2n) is 3.68. The number of nitrogens with zero attached hydrogens (tertiary/aromatic N) is 1. The van der Waals surface area contributed by atoms with Gasteiger partial charge >= 0.3 is 6.18 Å². The minimum atomic E-state index is -4.38. The van der Waals surface area contributed by atoms with Crippen LogP contribution in [0.5, 0.6) is 0 Å². The molecule has 0 atom stereocenters. The summed E-state index contributed by atoms with van der Waals surface area (Å²) in [5, 5.41) is 9.30. The van der Waals surface area contributed by atoms with Crippen LogP contribution >= 0.6 is 0 Å². The third-order valence-corrected chi connectivity index (χ3v) is 2.49. The van der Waals surface area contributed by atoms with Gasteiger partial charge in [-0.25, -0.2) is 0 Å². The predicted octanol–water partition coefficient (Wildman–Crippen LogP) is 2.79. The molecule has 90 valence electrons. The number of aliphatic hydroxyl groups is 1. The molecule has 2 nitrogen and oxygen atoms in total. The molecule has 0 amide bonds. The van der Waals surface area contributed by atoms with Crippen molar-refractivity contribution in [2.45, 2.75) is 12.6 Å². The highest BCUT2D eigenvalue weighted by Crippen LogP contribution is 2.32. The summed E-state index contributed by atoms with van der Waals surface area (Å²) < 4.78 is 38.0. The fourth-order valence-corrected chi connectivity index (χ4v) is 1.74. The number of benzene rings is 1. The van der Waals surface area contributed by atoms with Gasteiger partial charge in [0, 0.05) is 18.2 Å². The zero-order chi connectivity index (χ0) is 12.5. The van der Waals surface area contributed by atoms with Crippen molar-refractivity contribution < 1.29 is 18.3 Å². The summed E-state index contributed by atoms with van der Waals surface area (Å²) in [7, 11) is 0. The first-order chi connectivity index (χ1) is 8.02. The summed E-state index contributed by atoms with van der Waals surface area (Å²) in [6.07, 6.45) is -2.69. The van der Waals surface area contributed by atoms with Crippen molar-refractivity contribution >= 4 is 10.9 Å². The van der Waals surface area contributed by atoms with Crippen molar-refractivity contribution in [2.75, 3.05) is 6.61 Å². The van der Waals surface area contributed by atoms with Crippen molar-refractivity contribution in [3.63, 3.8) is 0 Å². The van der Waals surface area contributed by atoms with Crippen LogP contribution in [-0.2, 0) is 12.6 Å². The molecule has 0 aliphatic heterocycles. The van der Waals surface area contributed by atoms with Crippen LogP contribution in [0.3, 0.4) is 0 Å². The van der Waals surface area contributed by atoms with Crippen molar-refractivity contribution in [3.05, 3.63) is 41.6 Å². The summed E-state index contributed by atoms with van der Waals surface area (Å²) in [5.41, 5.74) is 0.217. The van der Waals surface area contributed by atoms with E-state index < -0.39 is 11.7 Å². The third kappa shape index (κ3) is 2.39. The van der Waals surface area contributed by atoms with Gasteiger partial charge in [-0.05, 0) is 30.2 Å². The van der Waals surface area contributed by atoms with E-state index in [9.17, 15) is 13.2 Å². The van der Waals surface area contributed by atoms with Crippen LogP contribution in [0, 0.1) is 0 Å². The van der Waals surface area contributed by atoms with Crippen molar-refractivity contribution in [1.29, 1.82) is 0 Å². The molecular formula is C12H10F3NO. The molecule has 0 bridgehead atoms. The number of hydrogen-bond donors (Lipinski definition) is 1. The van der Waals surface area contributed by atoms with Crippen LogP contribution < -0.4 is 0 Å². The Bertz CT molecular complexity index is 537. The number of fused-ring (bicyclic) bond motifs is 1. The van der Waals surface area contributed by atoms with Crippen molar-refractivity contribution in [2.24, 2.45) is 0 Å². The molecule has 1 aromatic carbocycles. The number of pyridine rings is 1. The minimum Gasteiger partial charge on any atom is -0.396 e. The van der Waals surface area contributed by atoms with E-state index in [2.05, 4.69) is 4.98 Å². The summed E-state index contributed by atoms with van der Waals surface area (Å²) in [5.74, 6) is 0. The van der Waals surface area contributed by atoms with Gasteiger partial charge in [0.05, 0.1) is 11.1 Å². The Balaban J connectivity index is 2.67. The lowest BCUT2D eigenvalue weighted by Gasteiger charge is -2.11. The summed E-state index contributed by atoms with van der Waals surface area (Å²) >= 11 is 0. The van der Waals surface area contributed by atoms with Gasteiger partial charge in [-0.1, -0.05) is 6.07 Å². The van der Waals surface area contributed by atoms with Gasteiger partial charge in [0.15, 0.2) is 0 Å². The van der Waals surface area contributed by atoms with Gasteiger partial charge in [0.2, 0.25) is 0 Å². The van der Waals surface area contributed by atoms with Crippen molar-refractivity contribution in [1.82, 2.24) is 4.98 Å². The highest BCUT2D eigenvalue weighted by Gasteiger charge is 2.31. The number of rotatable bonds is 2. The first-order valence-corrected chi connectivity index (χ1v) is 5.08. The highest BCUT2D eigenvalue weighted by molar-refractivity contribution is 5.82. The average molecular weight is 241 g/mol. The first kappa shape index (κ1) is 11.9. The largest absolute Gasteiger partial charge is 0.416 e. The van der Waals surface area contributed by atoms with Gasteiger partial charge < -0.3 is 5.11 Å². The van der Waals surface area contributed by atoms with Gasteiger partial charge in [-0.3, -0.25) is 4.98 Å². The number of hydrogen-bond acceptors (Lipinski definition) is 2. The van der Waals surface area contributed by atoms with E-state index in [4.69, 9.17) is 5.11 Å². The smallest absolute Gasteiger partial charge is 0.396 e. The number of aromatic nitrogens is 1. The van der Waals surface area contributed by atoms with E-state index in [1.54, 1.807) is 12.1 Å². The number of alkyl halides is 3. The maximum atomic E-state index is 12.7. The summed E-state index contributed by atoms with van der Waals surface area (Å²) in [6.45, 7) is -0.201. The normalized spacial score (nSPS) is 12.0. The zero-order valence-corrected chi connectivity index (χ0v) is 8.83. The van der Waals surface area contributed by atoms with Gasteiger partial charge in [-0.15, -0.1) is 0 Å². The number of halogens is 3. The van der Waals surface area contributed by atoms with E-state index in [-0.39, 0.29) is 13.0 Å². The SMILES string of the molecule is OCCc1cc(C(F)(F)F)cc2cccnc12. The lowest BCUT2D eigenvalue weighted by Crippen LogP contribution is -2.07. The van der Waals surface area contributed by atoms with Gasteiger partial charge in [0.25, 0.3) is 0 Å². The minimum absolute atomic E-state index is 0.164. The molecule has 0 aliphatic carbocycles. The molecule has 0 unspecified atom stereocenters. The topological polar surface area (TPSA) is 33.1 Å². The molecule has 1 aromatic heterocycles. The van der Waals surface area contributed by atoms with E-state index in [0.717, 1.165) is 12.1 Å². The van der Waals surface area contributed by atoms with Crippen LogP contribution in [0.1, 0.15) is 11.1 Å². The monoisotopic (exact) mass is 241 g/mol. The molecule has 5 heteroatoms.